The van der Waals surface area contributed by atoms with Gasteiger partial charge in [0.05, 0.1) is 5.41 Å². The molecule has 18 heavy (non-hydrogen) atoms. The lowest BCUT2D eigenvalue weighted by Gasteiger charge is -2.28. The second-order valence-electron chi connectivity index (χ2n) is 5.30. The standard InChI is InChI=1S/C15H19BrO2/c16-13-7-5-12(6-8-13)11-15(14(17)18)9-3-1-2-4-10-15/h5-8H,1-4,9-11H2,(H,17,18). The molecule has 1 fully saturated rings. The summed E-state index contributed by atoms with van der Waals surface area (Å²) in [6.45, 7) is 0. The quantitative estimate of drug-likeness (QED) is 0.839. The molecule has 1 N–H and O–H groups in total. The van der Waals surface area contributed by atoms with Crippen LogP contribution < -0.4 is 0 Å². The molecule has 1 aliphatic carbocycles. The number of carbonyl (C=O) groups is 1. The minimum atomic E-state index is -0.618. The van der Waals surface area contributed by atoms with Crippen molar-refractivity contribution in [3.05, 3.63) is 34.3 Å². The zero-order chi connectivity index (χ0) is 13.0. The van der Waals surface area contributed by atoms with Crippen molar-refractivity contribution < 1.29 is 9.90 Å². The van der Waals surface area contributed by atoms with Crippen LogP contribution >= 0.6 is 15.9 Å². The number of aliphatic carboxylic acids is 1. The maximum Gasteiger partial charge on any atom is 0.309 e. The minimum absolute atomic E-state index is 0.537. The van der Waals surface area contributed by atoms with Gasteiger partial charge >= 0.3 is 5.97 Å². The zero-order valence-electron chi connectivity index (χ0n) is 10.5. The summed E-state index contributed by atoms with van der Waals surface area (Å²) in [5.74, 6) is -0.618. The molecule has 1 saturated carbocycles. The lowest BCUT2D eigenvalue weighted by molar-refractivity contribution is -0.149. The molecule has 2 rings (SSSR count). The third kappa shape index (κ3) is 3.14. The van der Waals surface area contributed by atoms with Gasteiger partial charge in [-0.05, 0) is 37.0 Å². The molecule has 0 unspecified atom stereocenters. The summed E-state index contributed by atoms with van der Waals surface area (Å²) in [6.07, 6.45) is 6.74. The summed E-state index contributed by atoms with van der Waals surface area (Å²) in [6, 6.07) is 8.03. The van der Waals surface area contributed by atoms with Crippen molar-refractivity contribution in [1.82, 2.24) is 0 Å². The van der Waals surface area contributed by atoms with Gasteiger partial charge in [0, 0.05) is 4.47 Å². The van der Waals surface area contributed by atoms with Crippen molar-refractivity contribution in [2.45, 2.75) is 44.9 Å². The number of carboxylic acids is 1. The van der Waals surface area contributed by atoms with E-state index in [2.05, 4.69) is 15.9 Å². The summed E-state index contributed by atoms with van der Waals surface area (Å²) >= 11 is 3.41. The van der Waals surface area contributed by atoms with E-state index >= 15 is 0 Å². The first-order chi connectivity index (χ1) is 8.62. The molecule has 0 aromatic heterocycles. The summed E-state index contributed by atoms with van der Waals surface area (Å²) in [5.41, 5.74) is 0.590. The molecule has 0 saturated heterocycles. The van der Waals surface area contributed by atoms with Crippen LogP contribution in [0, 0.1) is 5.41 Å². The Hall–Kier alpha value is -0.830. The molecule has 0 spiro atoms. The van der Waals surface area contributed by atoms with E-state index in [-0.39, 0.29) is 0 Å². The van der Waals surface area contributed by atoms with Crippen molar-refractivity contribution in [1.29, 1.82) is 0 Å². The van der Waals surface area contributed by atoms with Crippen LogP contribution in [0.3, 0.4) is 0 Å². The van der Waals surface area contributed by atoms with Crippen LogP contribution in [0.25, 0.3) is 0 Å². The van der Waals surface area contributed by atoms with E-state index < -0.39 is 11.4 Å². The lowest BCUT2D eigenvalue weighted by Crippen LogP contribution is -2.32. The van der Waals surface area contributed by atoms with Gasteiger partial charge < -0.3 is 5.11 Å². The Balaban J connectivity index is 2.19. The smallest absolute Gasteiger partial charge is 0.309 e. The van der Waals surface area contributed by atoms with Gasteiger partial charge in [-0.1, -0.05) is 53.7 Å². The fourth-order valence-electron chi connectivity index (χ4n) is 2.86. The summed E-state index contributed by atoms with van der Waals surface area (Å²) < 4.78 is 1.04. The molecule has 0 aliphatic heterocycles. The molecular formula is C15H19BrO2. The fraction of sp³-hybridized carbons (Fsp3) is 0.533. The van der Waals surface area contributed by atoms with E-state index in [0.717, 1.165) is 35.7 Å². The molecule has 2 nitrogen and oxygen atoms in total. The van der Waals surface area contributed by atoms with Crippen LogP contribution in [-0.4, -0.2) is 11.1 Å². The SMILES string of the molecule is O=C(O)C1(Cc2ccc(Br)cc2)CCCCCC1. The predicted octanol–water partition coefficient (Wildman–Crippen LogP) is 4.42. The predicted molar refractivity (Wildman–Crippen MR) is 75.6 cm³/mol. The molecule has 0 heterocycles. The van der Waals surface area contributed by atoms with Crippen molar-refractivity contribution >= 4 is 21.9 Å². The molecule has 0 radical (unpaired) electrons. The highest BCUT2D eigenvalue weighted by Gasteiger charge is 2.38. The highest BCUT2D eigenvalue weighted by Crippen LogP contribution is 2.38. The first-order valence-corrected chi connectivity index (χ1v) is 7.40. The molecule has 0 bridgehead atoms. The molecular weight excluding hydrogens is 292 g/mol. The van der Waals surface area contributed by atoms with E-state index in [0.29, 0.717) is 6.42 Å². The van der Waals surface area contributed by atoms with Gasteiger partial charge in [-0.15, -0.1) is 0 Å². The van der Waals surface area contributed by atoms with Crippen LogP contribution in [0.4, 0.5) is 0 Å². The third-order valence-corrected chi connectivity index (χ3v) is 4.50. The van der Waals surface area contributed by atoms with Crippen molar-refractivity contribution in [3.63, 3.8) is 0 Å². The maximum absolute atomic E-state index is 11.7. The largest absolute Gasteiger partial charge is 0.481 e. The molecule has 3 heteroatoms. The normalized spacial score (nSPS) is 19.2. The third-order valence-electron chi connectivity index (χ3n) is 3.97. The first-order valence-electron chi connectivity index (χ1n) is 6.60. The Morgan fingerprint density at radius 3 is 2.17 bits per heavy atom. The monoisotopic (exact) mass is 310 g/mol. The summed E-state index contributed by atoms with van der Waals surface area (Å²) in [4.78, 5) is 11.7. The Bertz CT molecular complexity index is 403. The first kappa shape index (κ1) is 13.6. The Labute approximate surface area is 117 Å². The molecule has 0 amide bonds. The number of carboxylic acid groups (broad SMARTS) is 1. The number of benzene rings is 1. The molecule has 98 valence electrons. The van der Waals surface area contributed by atoms with Crippen molar-refractivity contribution in [2.24, 2.45) is 5.41 Å². The molecule has 1 aromatic rings. The second-order valence-corrected chi connectivity index (χ2v) is 6.22. The van der Waals surface area contributed by atoms with Crippen molar-refractivity contribution in [2.75, 3.05) is 0 Å². The van der Waals surface area contributed by atoms with Crippen molar-refractivity contribution in [3.8, 4) is 0 Å². The highest BCUT2D eigenvalue weighted by atomic mass is 79.9. The average molecular weight is 311 g/mol. The van der Waals surface area contributed by atoms with E-state index in [1.54, 1.807) is 0 Å². The highest BCUT2D eigenvalue weighted by molar-refractivity contribution is 9.10. The van der Waals surface area contributed by atoms with Gasteiger partial charge in [0.1, 0.15) is 0 Å². The number of halogens is 1. The maximum atomic E-state index is 11.7. The van der Waals surface area contributed by atoms with E-state index in [1.165, 1.54) is 12.8 Å². The molecule has 1 aromatic carbocycles. The van der Waals surface area contributed by atoms with Gasteiger partial charge in [-0.3, -0.25) is 4.79 Å². The van der Waals surface area contributed by atoms with Crippen LogP contribution in [0.5, 0.6) is 0 Å². The number of rotatable bonds is 3. The Morgan fingerprint density at radius 2 is 1.67 bits per heavy atom. The average Bonchev–Trinajstić information content (AvgIpc) is 2.59. The number of hydrogen-bond donors (Lipinski definition) is 1. The lowest BCUT2D eigenvalue weighted by atomic mass is 9.75. The Kier molecular flexibility index (Phi) is 4.44. The van der Waals surface area contributed by atoms with Gasteiger partial charge in [0.15, 0.2) is 0 Å². The van der Waals surface area contributed by atoms with E-state index in [1.807, 2.05) is 24.3 Å². The molecule has 1 aliphatic rings. The van der Waals surface area contributed by atoms with Gasteiger partial charge in [-0.25, -0.2) is 0 Å². The summed E-state index contributed by atoms with van der Waals surface area (Å²) in [7, 11) is 0. The number of hydrogen-bond acceptors (Lipinski definition) is 1. The van der Waals surface area contributed by atoms with Gasteiger partial charge in [-0.2, -0.15) is 0 Å². The van der Waals surface area contributed by atoms with Crippen LogP contribution in [0.15, 0.2) is 28.7 Å². The van der Waals surface area contributed by atoms with Crippen LogP contribution in [0.2, 0.25) is 0 Å². The van der Waals surface area contributed by atoms with Crippen LogP contribution in [0.1, 0.15) is 44.1 Å². The Morgan fingerprint density at radius 1 is 1.11 bits per heavy atom. The summed E-state index contributed by atoms with van der Waals surface area (Å²) in [5, 5.41) is 9.62. The van der Waals surface area contributed by atoms with Crippen LogP contribution in [-0.2, 0) is 11.2 Å². The zero-order valence-corrected chi connectivity index (χ0v) is 12.1. The van der Waals surface area contributed by atoms with E-state index in [4.69, 9.17) is 0 Å². The molecule has 0 atom stereocenters. The fourth-order valence-corrected chi connectivity index (χ4v) is 3.13. The minimum Gasteiger partial charge on any atom is -0.481 e. The topological polar surface area (TPSA) is 37.3 Å². The van der Waals surface area contributed by atoms with Gasteiger partial charge in [0.25, 0.3) is 0 Å². The van der Waals surface area contributed by atoms with E-state index in [9.17, 15) is 9.90 Å². The van der Waals surface area contributed by atoms with Gasteiger partial charge in [0.2, 0.25) is 0 Å². The second kappa shape index (κ2) is 5.87.